The van der Waals surface area contributed by atoms with Gasteiger partial charge in [-0.2, -0.15) is 4.98 Å². The number of hydrogen-bond acceptors (Lipinski definition) is 6. The van der Waals surface area contributed by atoms with Gasteiger partial charge in [-0.3, -0.25) is 0 Å². The molecule has 6 nitrogen and oxygen atoms in total. The molecule has 0 fully saturated rings. The minimum Gasteiger partial charge on any atom is -0.484 e. The summed E-state index contributed by atoms with van der Waals surface area (Å²) in [4.78, 5) is 14.6. The zero-order chi connectivity index (χ0) is 10.7. The quantitative estimate of drug-likeness (QED) is 0.848. The van der Waals surface area contributed by atoms with Crippen LogP contribution in [0.25, 0.3) is 0 Å². The number of thiophene rings is 1. The second-order valence-electron chi connectivity index (χ2n) is 2.56. The molecule has 0 unspecified atom stereocenters. The van der Waals surface area contributed by atoms with Crippen molar-refractivity contribution in [3.63, 3.8) is 0 Å². The lowest BCUT2D eigenvalue weighted by Crippen LogP contribution is -2.01. The Bertz CT molecular complexity index is 451. The molecule has 0 spiro atoms. The molecule has 2 rings (SSSR count). The number of hydrogen-bond donors (Lipinski definition) is 1. The Hall–Kier alpha value is -1.89. The third-order valence-corrected chi connectivity index (χ3v) is 2.47. The van der Waals surface area contributed by atoms with Crippen LogP contribution in [0.2, 0.25) is 0 Å². The van der Waals surface area contributed by atoms with Crippen molar-refractivity contribution in [3.05, 3.63) is 28.5 Å². The van der Waals surface area contributed by atoms with Crippen LogP contribution in [0.3, 0.4) is 0 Å². The fourth-order valence-corrected chi connectivity index (χ4v) is 1.64. The van der Waals surface area contributed by atoms with Gasteiger partial charge in [-0.15, -0.1) is 11.3 Å². The topological polar surface area (TPSA) is 85.5 Å². The van der Waals surface area contributed by atoms with Gasteiger partial charge in [-0.25, -0.2) is 4.79 Å². The van der Waals surface area contributed by atoms with E-state index in [-0.39, 0.29) is 11.5 Å². The average molecular weight is 226 g/mol. The summed E-state index contributed by atoms with van der Waals surface area (Å²) in [5, 5.41) is 14.0. The fraction of sp³-hybridized carbons (Fsp3) is 0.125. The summed E-state index contributed by atoms with van der Waals surface area (Å²) in [6.45, 7) is 0.0908. The molecule has 0 aliphatic carbocycles. The predicted octanol–water partition coefficient (Wildman–Crippen LogP) is 1.41. The Morgan fingerprint density at radius 3 is 3.20 bits per heavy atom. The van der Waals surface area contributed by atoms with Crippen LogP contribution in [0, 0.1) is 0 Å². The zero-order valence-electron chi connectivity index (χ0n) is 7.41. The van der Waals surface area contributed by atoms with Gasteiger partial charge in [0.2, 0.25) is 12.2 Å². The number of nitrogens with zero attached hydrogens (tertiary/aromatic N) is 2. The van der Waals surface area contributed by atoms with E-state index in [9.17, 15) is 4.79 Å². The number of aromatic nitrogens is 2. The van der Waals surface area contributed by atoms with Crippen LogP contribution in [0.1, 0.15) is 15.5 Å². The first-order valence-electron chi connectivity index (χ1n) is 3.96. The van der Waals surface area contributed by atoms with E-state index in [1.54, 1.807) is 11.4 Å². The smallest absolute Gasteiger partial charge is 0.349 e. The second-order valence-corrected chi connectivity index (χ2v) is 3.47. The van der Waals surface area contributed by atoms with Crippen molar-refractivity contribution in [1.29, 1.82) is 0 Å². The molecule has 7 heteroatoms. The molecule has 0 aromatic carbocycles. The van der Waals surface area contributed by atoms with E-state index in [0.29, 0.717) is 11.6 Å². The minimum absolute atomic E-state index is 0.0908. The van der Waals surface area contributed by atoms with Gasteiger partial charge in [0.05, 0.1) is 0 Å². The Balaban J connectivity index is 2.05. The standard InChI is InChI=1S/C8H6N2O4S/c11-8(12)7-5(1-2-15-7)13-3-6-9-4-14-10-6/h1-2,4H,3H2,(H,11,12). The van der Waals surface area contributed by atoms with E-state index >= 15 is 0 Å². The van der Waals surface area contributed by atoms with Crippen LogP contribution < -0.4 is 4.74 Å². The second kappa shape index (κ2) is 4.09. The summed E-state index contributed by atoms with van der Waals surface area (Å²) in [7, 11) is 0. The molecule has 0 amide bonds. The summed E-state index contributed by atoms with van der Waals surface area (Å²) in [5.74, 6) is -0.317. The monoisotopic (exact) mass is 226 g/mol. The average Bonchev–Trinajstić information content (AvgIpc) is 2.86. The lowest BCUT2D eigenvalue weighted by molar-refractivity contribution is 0.0697. The number of carboxylic acid groups (broad SMARTS) is 1. The van der Waals surface area contributed by atoms with Crippen molar-refractivity contribution < 1.29 is 19.2 Å². The van der Waals surface area contributed by atoms with Crippen molar-refractivity contribution in [1.82, 2.24) is 10.1 Å². The van der Waals surface area contributed by atoms with Gasteiger partial charge in [0.1, 0.15) is 5.75 Å². The molecular formula is C8H6N2O4S. The van der Waals surface area contributed by atoms with Crippen LogP contribution in [0.15, 0.2) is 22.4 Å². The molecule has 1 N–H and O–H groups in total. The highest BCUT2D eigenvalue weighted by Crippen LogP contribution is 2.25. The fourth-order valence-electron chi connectivity index (χ4n) is 0.965. The van der Waals surface area contributed by atoms with Crippen LogP contribution in [-0.4, -0.2) is 21.2 Å². The maximum atomic E-state index is 10.7. The van der Waals surface area contributed by atoms with Crippen molar-refractivity contribution in [3.8, 4) is 5.75 Å². The maximum absolute atomic E-state index is 10.7. The van der Waals surface area contributed by atoms with Gasteiger partial charge >= 0.3 is 5.97 Å². The molecule has 0 saturated carbocycles. The Kier molecular flexibility index (Phi) is 2.64. The van der Waals surface area contributed by atoms with Gasteiger partial charge in [-0.05, 0) is 11.4 Å². The molecular weight excluding hydrogens is 220 g/mol. The van der Waals surface area contributed by atoms with Crippen molar-refractivity contribution in [2.45, 2.75) is 6.61 Å². The van der Waals surface area contributed by atoms with E-state index in [1.165, 1.54) is 6.39 Å². The minimum atomic E-state index is -1.01. The molecule has 0 aliphatic rings. The van der Waals surface area contributed by atoms with Crippen LogP contribution in [-0.2, 0) is 6.61 Å². The summed E-state index contributed by atoms with van der Waals surface area (Å²) >= 11 is 1.11. The first-order valence-corrected chi connectivity index (χ1v) is 4.84. The Morgan fingerprint density at radius 1 is 1.67 bits per heavy atom. The number of aromatic carboxylic acids is 1. The summed E-state index contributed by atoms with van der Waals surface area (Å²) in [6, 6.07) is 1.59. The van der Waals surface area contributed by atoms with Gasteiger partial charge in [-0.1, -0.05) is 5.16 Å². The third kappa shape index (κ3) is 2.13. The molecule has 0 atom stereocenters. The van der Waals surface area contributed by atoms with E-state index in [2.05, 4.69) is 14.7 Å². The summed E-state index contributed by atoms with van der Waals surface area (Å²) in [5.41, 5.74) is 0. The van der Waals surface area contributed by atoms with Crippen LogP contribution in [0.5, 0.6) is 5.75 Å². The molecule has 2 heterocycles. The van der Waals surface area contributed by atoms with E-state index in [1.807, 2.05) is 0 Å². The lowest BCUT2D eigenvalue weighted by Gasteiger charge is -2.00. The number of ether oxygens (including phenoxy) is 1. The number of carbonyl (C=O) groups is 1. The molecule has 0 bridgehead atoms. The van der Waals surface area contributed by atoms with E-state index in [0.717, 1.165) is 11.3 Å². The highest BCUT2D eigenvalue weighted by atomic mass is 32.1. The van der Waals surface area contributed by atoms with Gasteiger partial charge in [0.15, 0.2) is 11.5 Å². The van der Waals surface area contributed by atoms with Gasteiger partial charge < -0.3 is 14.4 Å². The van der Waals surface area contributed by atoms with Crippen LogP contribution >= 0.6 is 11.3 Å². The van der Waals surface area contributed by atoms with Gasteiger partial charge in [0, 0.05) is 0 Å². The van der Waals surface area contributed by atoms with Gasteiger partial charge in [0.25, 0.3) is 0 Å². The number of carboxylic acids is 1. The zero-order valence-corrected chi connectivity index (χ0v) is 8.23. The molecule has 2 aromatic rings. The predicted molar refractivity (Wildman–Crippen MR) is 49.9 cm³/mol. The van der Waals surface area contributed by atoms with E-state index < -0.39 is 5.97 Å². The Morgan fingerprint density at radius 2 is 2.53 bits per heavy atom. The van der Waals surface area contributed by atoms with E-state index in [4.69, 9.17) is 9.84 Å². The molecule has 78 valence electrons. The lowest BCUT2D eigenvalue weighted by atomic mass is 10.4. The van der Waals surface area contributed by atoms with Crippen LogP contribution in [0.4, 0.5) is 0 Å². The first kappa shape index (κ1) is 9.66. The van der Waals surface area contributed by atoms with Crippen molar-refractivity contribution in [2.75, 3.05) is 0 Å². The van der Waals surface area contributed by atoms with Crippen molar-refractivity contribution in [2.24, 2.45) is 0 Å². The Labute approximate surface area is 88.1 Å². The summed E-state index contributed by atoms with van der Waals surface area (Å²) in [6.07, 6.45) is 1.18. The third-order valence-electron chi connectivity index (χ3n) is 1.59. The SMILES string of the molecule is O=C(O)c1sccc1OCc1ncon1. The molecule has 0 aliphatic heterocycles. The summed E-state index contributed by atoms with van der Waals surface area (Å²) < 4.78 is 9.73. The largest absolute Gasteiger partial charge is 0.484 e. The first-order chi connectivity index (χ1) is 7.27. The molecule has 0 radical (unpaired) electrons. The number of rotatable bonds is 4. The normalized spacial score (nSPS) is 10.1. The molecule has 2 aromatic heterocycles. The maximum Gasteiger partial charge on any atom is 0.349 e. The molecule has 15 heavy (non-hydrogen) atoms. The highest BCUT2D eigenvalue weighted by Gasteiger charge is 2.13. The molecule has 0 saturated heterocycles. The highest BCUT2D eigenvalue weighted by molar-refractivity contribution is 7.12. The van der Waals surface area contributed by atoms with Crippen molar-refractivity contribution >= 4 is 17.3 Å².